The van der Waals surface area contributed by atoms with Gasteiger partial charge in [0.2, 0.25) is 9.84 Å². The highest BCUT2D eigenvalue weighted by atomic mass is 35.5. The van der Waals surface area contributed by atoms with Crippen molar-refractivity contribution in [2.45, 2.75) is 35.3 Å². The Kier molecular flexibility index (Phi) is 6.35. The van der Waals surface area contributed by atoms with Crippen LogP contribution in [0.1, 0.15) is 39.1 Å². The van der Waals surface area contributed by atoms with Gasteiger partial charge < -0.3 is 14.4 Å². The summed E-state index contributed by atoms with van der Waals surface area (Å²) in [4.78, 5) is 27.7. The topological polar surface area (TPSA) is 90.0 Å². The molecule has 1 saturated heterocycles. The van der Waals surface area contributed by atoms with Crippen molar-refractivity contribution in [2.24, 2.45) is 0 Å². The Hall–Kier alpha value is -3.20. The summed E-state index contributed by atoms with van der Waals surface area (Å²) >= 11 is 6.01. The van der Waals surface area contributed by atoms with Gasteiger partial charge in [0.15, 0.2) is 0 Å². The highest BCUT2D eigenvalue weighted by Gasteiger charge is 2.36. The minimum absolute atomic E-state index is 0.0551. The number of sulfone groups is 1. The van der Waals surface area contributed by atoms with E-state index in [1.807, 2.05) is 0 Å². The van der Waals surface area contributed by atoms with E-state index in [4.69, 9.17) is 21.1 Å². The van der Waals surface area contributed by atoms with E-state index in [-0.39, 0.29) is 45.9 Å². The van der Waals surface area contributed by atoms with Crippen LogP contribution in [0.2, 0.25) is 5.02 Å². The first kappa shape index (κ1) is 23.5. The van der Waals surface area contributed by atoms with Crippen molar-refractivity contribution in [3.63, 3.8) is 0 Å². The van der Waals surface area contributed by atoms with Gasteiger partial charge in [-0.3, -0.25) is 4.79 Å². The summed E-state index contributed by atoms with van der Waals surface area (Å²) in [5, 5.41) is 0.542. The number of ether oxygens (including phenoxy) is 2. The van der Waals surface area contributed by atoms with Crippen molar-refractivity contribution in [1.29, 1.82) is 0 Å². The Morgan fingerprint density at radius 3 is 2.57 bits per heavy atom. The zero-order valence-corrected chi connectivity index (χ0v) is 20.2. The Balaban J connectivity index is 1.58. The molecule has 0 aromatic heterocycles. The van der Waals surface area contributed by atoms with Crippen LogP contribution in [0.5, 0.6) is 0 Å². The SMILES string of the molecule is O=C(OC[C@@H]1CCCO1)c1ccc2c(c1)N(Cc1ccc(Cl)cc1)C(=O)c1ccccc1S2(=O)=O. The average molecular weight is 512 g/mol. The molecule has 0 saturated carbocycles. The van der Waals surface area contributed by atoms with Gasteiger partial charge in [-0.25, -0.2) is 13.2 Å². The number of esters is 1. The summed E-state index contributed by atoms with van der Waals surface area (Å²) < 4.78 is 38.0. The van der Waals surface area contributed by atoms with Gasteiger partial charge in [0, 0.05) is 11.6 Å². The Morgan fingerprint density at radius 1 is 1.06 bits per heavy atom. The van der Waals surface area contributed by atoms with Gasteiger partial charge in [-0.1, -0.05) is 35.9 Å². The summed E-state index contributed by atoms with van der Waals surface area (Å²) in [5.41, 5.74) is 1.08. The number of rotatable bonds is 5. The zero-order valence-electron chi connectivity index (χ0n) is 18.6. The summed E-state index contributed by atoms with van der Waals surface area (Å²) in [7, 11) is -4.03. The van der Waals surface area contributed by atoms with E-state index in [9.17, 15) is 18.0 Å². The van der Waals surface area contributed by atoms with Gasteiger partial charge in [-0.15, -0.1) is 0 Å². The third kappa shape index (κ3) is 4.57. The summed E-state index contributed by atoms with van der Waals surface area (Å²) in [5.74, 6) is -1.09. The molecule has 2 aliphatic heterocycles. The van der Waals surface area contributed by atoms with Crippen LogP contribution in [-0.2, 0) is 25.9 Å². The molecule has 35 heavy (non-hydrogen) atoms. The van der Waals surface area contributed by atoms with E-state index in [0.29, 0.717) is 11.6 Å². The minimum atomic E-state index is -4.03. The lowest BCUT2D eigenvalue weighted by Crippen LogP contribution is -2.30. The molecule has 0 spiro atoms. The van der Waals surface area contributed by atoms with Crippen LogP contribution < -0.4 is 4.90 Å². The second-order valence-electron chi connectivity index (χ2n) is 8.43. The predicted molar refractivity (Wildman–Crippen MR) is 130 cm³/mol. The van der Waals surface area contributed by atoms with Crippen molar-refractivity contribution < 1.29 is 27.5 Å². The van der Waals surface area contributed by atoms with Crippen LogP contribution in [0.15, 0.2) is 76.5 Å². The quantitative estimate of drug-likeness (QED) is 0.462. The molecule has 0 aliphatic carbocycles. The number of fused-ring (bicyclic) bond motifs is 2. The second kappa shape index (κ2) is 9.45. The van der Waals surface area contributed by atoms with Crippen molar-refractivity contribution >= 4 is 39.0 Å². The molecule has 0 bridgehead atoms. The fraction of sp³-hybridized carbons (Fsp3) is 0.231. The number of benzene rings is 3. The fourth-order valence-electron chi connectivity index (χ4n) is 4.29. The normalized spacial score (nSPS) is 18.5. The number of carbonyl (C=O) groups excluding carboxylic acids is 2. The second-order valence-corrected chi connectivity index (χ2v) is 10.8. The number of anilines is 1. The number of carbonyl (C=O) groups is 2. The molecule has 7 nitrogen and oxygen atoms in total. The highest BCUT2D eigenvalue weighted by molar-refractivity contribution is 7.91. The summed E-state index contributed by atoms with van der Waals surface area (Å²) in [6.07, 6.45) is 1.59. The average Bonchev–Trinajstić information content (AvgIpc) is 3.38. The number of nitrogens with zero attached hydrogens (tertiary/aromatic N) is 1. The zero-order chi connectivity index (χ0) is 24.6. The number of halogens is 1. The van der Waals surface area contributed by atoms with Crippen LogP contribution >= 0.6 is 11.6 Å². The lowest BCUT2D eigenvalue weighted by molar-refractivity contribution is 0.0161. The van der Waals surface area contributed by atoms with Gasteiger partial charge >= 0.3 is 5.97 Å². The number of hydrogen-bond donors (Lipinski definition) is 0. The van der Waals surface area contributed by atoms with E-state index in [2.05, 4.69) is 0 Å². The fourth-order valence-corrected chi connectivity index (χ4v) is 6.05. The molecular formula is C26H22ClNO6S. The predicted octanol–water partition coefficient (Wildman–Crippen LogP) is 4.67. The molecule has 3 aromatic carbocycles. The van der Waals surface area contributed by atoms with Crippen molar-refractivity contribution in [2.75, 3.05) is 18.1 Å². The van der Waals surface area contributed by atoms with E-state index in [0.717, 1.165) is 18.4 Å². The largest absolute Gasteiger partial charge is 0.459 e. The van der Waals surface area contributed by atoms with Crippen molar-refractivity contribution in [3.8, 4) is 0 Å². The molecule has 9 heteroatoms. The summed E-state index contributed by atoms with van der Waals surface area (Å²) in [6, 6.07) is 17.2. The Bertz CT molecular complexity index is 1400. The molecule has 5 rings (SSSR count). The van der Waals surface area contributed by atoms with Crippen LogP contribution in [0.3, 0.4) is 0 Å². The molecule has 0 radical (unpaired) electrons. The number of amides is 1. The first-order valence-corrected chi connectivity index (χ1v) is 13.0. The number of hydrogen-bond acceptors (Lipinski definition) is 6. The van der Waals surface area contributed by atoms with Gasteiger partial charge in [0.05, 0.1) is 39.3 Å². The van der Waals surface area contributed by atoms with E-state index >= 15 is 0 Å². The first-order chi connectivity index (χ1) is 16.8. The van der Waals surface area contributed by atoms with Gasteiger partial charge in [0.1, 0.15) is 6.61 Å². The van der Waals surface area contributed by atoms with Crippen LogP contribution in [0, 0.1) is 0 Å². The molecule has 1 atom stereocenters. The first-order valence-electron chi connectivity index (χ1n) is 11.2. The lowest BCUT2D eigenvalue weighted by Gasteiger charge is -2.23. The Labute approximate surface area is 208 Å². The third-order valence-electron chi connectivity index (χ3n) is 6.11. The molecule has 0 N–H and O–H groups in total. The van der Waals surface area contributed by atoms with Gasteiger partial charge in [-0.2, -0.15) is 0 Å². The van der Waals surface area contributed by atoms with Gasteiger partial charge in [0.25, 0.3) is 5.91 Å². The van der Waals surface area contributed by atoms with E-state index in [1.54, 1.807) is 36.4 Å². The standard InChI is InChI=1S/C26H22ClNO6S/c27-19-10-7-17(8-11-19)15-28-22-14-18(26(30)34-16-20-4-3-13-33-20)9-12-24(22)35(31,32)23-6-2-1-5-21(23)25(28)29/h1-2,5-12,14,20H,3-4,13,15-16H2/t20-/m0/s1. The van der Waals surface area contributed by atoms with Crippen molar-refractivity contribution in [3.05, 3.63) is 88.4 Å². The van der Waals surface area contributed by atoms with Crippen LogP contribution in [0.25, 0.3) is 0 Å². The van der Waals surface area contributed by atoms with Crippen LogP contribution in [-0.4, -0.2) is 39.6 Å². The van der Waals surface area contributed by atoms with E-state index < -0.39 is 21.7 Å². The molecule has 3 aromatic rings. The Morgan fingerprint density at radius 2 is 1.83 bits per heavy atom. The van der Waals surface area contributed by atoms with Crippen LogP contribution in [0.4, 0.5) is 5.69 Å². The molecule has 2 aliphatic rings. The monoisotopic (exact) mass is 511 g/mol. The molecule has 1 fully saturated rings. The van der Waals surface area contributed by atoms with E-state index in [1.165, 1.54) is 35.2 Å². The maximum Gasteiger partial charge on any atom is 0.338 e. The molecule has 0 unspecified atom stereocenters. The third-order valence-corrected chi connectivity index (χ3v) is 8.22. The molecule has 2 heterocycles. The van der Waals surface area contributed by atoms with Crippen molar-refractivity contribution in [1.82, 2.24) is 0 Å². The molecule has 180 valence electrons. The molecular weight excluding hydrogens is 490 g/mol. The smallest absolute Gasteiger partial charge is 0.338 e. The maximum atomic E-state index is 13.6. The molecule has 1 amide bonds. The van der Waals surface area contributed by atoms with Gasteiger partial charge in [-0.05, 0) is 60.9 Å². The lowest BCUT2D eigenvalue weighted by atomic mass is 10.1. The summed E-state index contributed by atoms with van der Waals surface area (Å²) in [6.45, 7) is 0.843. The maximum absolute atomic E-state index is 13.6. The minimum Gasteiger partial charge on any atom is -0.459 e. The highest BCUT2D eigenvalue weighted by Crippen LogP contribution is 2.38.